The molecule has 6 nitrogen and oxygen atoms in total. The van der Waals surface area contributed by atoms with E-state index in [0.717, 1.165) is 39.7 Å². The summed E-state index contributed by atoms with van der Waals surface area (Å²) in [6, 6.07) is 6.02. The third kappa shape index (κ3) is 2.98. The molecule has 0 radical (unpaired) electrons. The van der Waals surface area contributed by atoms with Gasteiger partial charge in [-0.2, -0.15) is 0 Å². The molecule has 1 fully saturated rings. The Morgan fingerprint density at radius 1 is 1.20 bits per heavy atom. The second kappa shape index (κ2) is 6.60. The van der Waals surface area contributed by atoms with E-state index >= 15 is 0 Å². The van der Waals surface area contributed by atoms with Gasteiger partial charge in [0, 0.05) is 49.0 Å². The van der Waals surface area contributed by atoms with Gasteiger partial charge in [-0.3, -0.25) is 4.98 Å². The fourth-order valence-electron chi connectivity index (χ4n) is 2.97. The lowest BCUT2D eigenvalue weighted by Gasteiger charge is -2.15. The number of thiazole rings is 1. The molecule has 4 rings (SSSR count). The molecule has 0 atom stereocenters. The summed E-state index contributed by atoms with van der Waals surface area (Å²) in [5.74, 6) is 1.04. The SMILES string of the molecule is N=C/C(=C\N)c1cc2nc(-c3ccc(N4CCCC4)nc3)sc2cn1. The summed E-state index contributed by atoms with van der Waals surface area (Å²) < 4.78 is 1.00. The molecule has 126 valence electrons. The Morgan fingerprint density at radius 3 is 2.72 bits per heavy atom. The molecule has 25 heavy (non-hydrogen) atoms. The monoisotopic (exact) mass is 350 g/mol. The molecular weight excluding hydrogens is 332 g/mol. The van der Waals surface area contributed by atoms with Gasteiger partial charge in [0.05, 0.1) is 15.9 Å². The first-order valence-electron chi connectivity index (χ1n) is 8.19. The average molecular weight is 350 g/mol. The quantitative estimate of drug-likeness (QED) is 0.704. The van der Waals surface area contributed by atoms with Crippen molar-refractivity contribution in [2.75, 3.05) is 18.0 Å². The van der Waals surface area contributed by atoms with Crippen LogP contribution in [0.5, 0.6) is 0 Å². The zero-order chi connectivity index (χ0) is 17.2. The van der Waals surface area contributed by atoms with E-state index in [9.17, 15) is 0 Å². The summed E-state index contributed by atoms with van der Waals surface area (Å²) in [7, 11) is 0. The van der Waals surface area contributed by atoms with Gasteiger partial charge in [0.2, 0.25) is 0 Å². The topological polar surface area (TPSA) is 91.8 Å². The molecule has 3 aromatic rings. The minimum absolute atomic E-state index is 0.577. The van der Waals surface area contributed by atoms with Gasteiger partial charge in [0.25, 0.3) is 0 Å². The smallest absolute Gasteiger partial charge is 0.128 e. The average Bonchev–Trinajstić information content (AvgIpc) is 3.32. The minimum atomic E-state index is 0.577. The van der Waals surface area contributed by atoms with E-state index < -0.39 is 0 Å². The van der Waals surface area contributed by atoms with E-state index in [1.165, 1.54) is 25.3 Å². The standard InChI is InChI=1S/C18H18N6S/c19-8-13(9-20)14-7-15-16(11-21-14)25-18(23-15)12-3-4-17(22-10-12)24-5-1-2-6-24/h3-4,7-11,19H,1-2,5-6,20H2/b13-9+,19-8?. The first-order valence-corrected chi connectivity index (χ1v) is 9.01. The number of pyridine rings is 2. The van der Waals surface area contributed by atoms with Crippen molar-refractivity contribution in [1.29, 1.82) is 5.41 Å². The molecule has 0 aliphatic carbocycles. The zero-order valence-corrected chi connectivity index (χ0v) is 14.5. The van der Waals surface area contributed by atoms with Gasteiger partial charge in [-0.05, 0) is 31.0 Å². The number of aromatic nitrogens is 3. The molecule has 0 saturated carbocycles. The number of nitrogens with one attached hydrogen (secondary N) is 1. The molecule has 0 spiro atoms. The molecule has 0 unspecified atom stereocenters. The highest BCUT2D eigenvalue weighted by Crippen LogP contribution is 2.31. The van der Waals surface area contributed by atoms with Crippen molar-refractivity contribution in [1.82, 2.24) is 15.0 Å². The summed E-state index contributed by atoms with van der Waals surface area (Å²) in [5.41, 5.74) is 8.64. The van der Waals surface area contributed by atoms with Crippen molar-refractivity contribution in [3.8, 4) is 10.6 Å². The van der Waals surface area contributed by atoms with Crippen LogP contribution in [0.2, 0.25) is 0 Å². The van der Waals surface area contributed by atoms with E-state index in [1.54, 1.807) is 17.5 Å². The van der Waals surface area contributed by atoms with Gasteiger partial charge in [0.15, 0.2) is 0 Å². The summed E-state index contributed by atoms with van der Waals surface area (Å²) in [4.78, 5) is 16.0. The first-order chi connectivity index (χ1) is 12.3. The Balaban J connectivity index is 1.66. The Morgan fingerprint density at radius 2 is 2.04 bits per heavy atom. The van der Waals surface area contributed by atoms with E-state index in [0.29, 0.717) is 11.3 Å². The summed E-state index contributed by atoms with van der Waals surface area (Å²) in [5, 5.41) is 8.31. The predicted octanol–water partition coefficient (Wildman–Crippen LogP) is 3.30. The van der Waals surface area contributed by atoms with Gasteiger partial charge in [-0.1, -0.05) is 0 Å². The van der Waals surface area contributed by atoms with Crippen LogP contribution in [0, 0.1) is 5.41 Å². The fraction of sp³-hybridized carbons (Fsp3) is 0.222. The van der Waals surface area contributed by atoms with Gasteiger partial charge in [0.1, 0.15) is 10.8 Å². The number of nitrogens with zero attached hydrogens (tertiary/aromatic N) is 4. The molecule has 0 amide bonds. The number of hydrogen-bond donors (Lipinski definition) is 2. The van der Waals surface area contributed by atoms with E-state index in [1.807, 2.05) is 12.3 Å². The number of rotatable bonds is 4. The highest BCUT2D eigenvalue weighted by Gasteiger charge is 2.14. The van der Waals surface area contributed by atoms with Crippen molar-refractivity contribution >= 4 is 39.2 Å². The number of hydrogen-bond acceptors (Lipinski definition) is 7. The molecular formula is C18H18N6S. The Hall–Kier alpha value is -2.80. The van der Waals surface area contributed by atoms with Crippen LogP contribution in [-0.4, -0.2) is 34.3 Å². The van der Waals surface area contributed by atoms with Crippen molar-refractivity contribution < 1.29 is 0 Å². The molecule has 0 aromatic carbocycles. The highest BCUT2D eigenvalue weighted by molar-refractivity contribution is 7.21. The third-order valence-corrected chi connectivity index (χ3v) is 5.39. The third-order valence-electron chi connectivity index (χ3n) is 4.33. The molecule has 1 aliphatic rings. The van der Waals surface area contributed by atoms with Crippen LogP contribution in [0.15, 0.2) is 36.8 Å². The van der Waals surface area contributed by atoms with Crippen molar-refractivity contribution in [2.45, 2.75) is 12.8 Å². The maximum Gasteiger partial charge on any atom is 0.128 e. The number of anilines is 1. The zero-order valence-electron chi connectivity index (χ0n) is 13.6. The van der Waals surface area contributed by atoms with Gasteiger partial charge in [-0.25, -0.2) is 9.97 Å². The highest BCUT2D eigenvalue weighted by atomic mass is 32.1. The molecule has 3 aromatic heterocycles. The minimum Gasteiger partial charge on any atom is -0.404 e. The predicted molar refractivity (Wildman–Crippen MR) is 103 cm³/mol. The maximum absolute atomic E-state index is 7.39. The largest absolute Gasteiger partial charge is 0.404 e. The molecule has 4 heterocycles. The van der Waals surface area contributed by atoms with Crippen LogP contribution >= 0.6 is 11.3 Å². The normalized spacial score (nSPS) is 15.0. The second-order valence-electron chi connectivity index (χ2n) is 5.92. The van der Waals surface area contributed by atoms with E-state index in [4.69, 9.17) is 16.1 Å². The Kier molecular flexibility index (Phi) is 4.15. The summed E-state index contributed by atoms with van der Waals surface area (Å²) in [6.45, 7) is 2.18. The van der Waals surface area contributed by atoms with Gasteiger partial charge < -0.3 is 16.0 Å². The van der Waals surface area contributed by atoms with Crippen LogP contribution in [0.1, 0.15) is 18.5 Å². The van der Waals surface area contributed by atoms with Crippen LogP contribution < -0.4 is 10.6 Å². The summed E-state index contributed by atoms with van der Waals surface area (Å²) in [6.07, 6.45) is 8.74. The lowest BCUT2D eigenvalue weighted by molar-refractivity contribution is 0.938. The second-order valence-corrected chi connectivity index (χ2v) is 6.95. The van der Waals surface area contributed by atoms with E-state index in [2.05, 4.69) is 27.0 Å². The fourth-order valence-corrected chi connectivity index (χ4v) is 3.87. The lowest BCUT2D eigenvalue weighted by atomic mass is 10.2. The van der Waals surface area contributed by atoms with Gasteiger partial charge >= 0.3 is 0 Å². The lowest BCUT2D eigenvalue weighted by Crippen LogP contribution is -2.18. The molecule has 1 saturated heterocycles. The van der Waals surface area contributed by atoms with Gasteiger partial charge in [-0.15, -0.1) is 11.3 Å². The molecule has 0 bridgehead atoms. The number of fused-ring (bicyclic) bond motifs is 1. The van der Waals surface area contributed by atoms with Crippen LogP contribution in [0.4, 0.5) is 5.82 Å². The molecule has 3 N–H and O–H groups in total. The molecule has 7 heteroatoms. The van der Waals surface area contributed by atoms with Crippen molar-refractivity contribution in [2.24, 2.45) is 5.73 Å². The van der Waals surface area contributed by atoms with E-state index in [-0.39, 0.29) is 0 Å². The van der Waals surface area contributed by atoms with Crippen LogP contribution in [0.25, 0.3) is 26.4 Å². The van der Waals surface area contributed by atoms with Crippen molar-refractivity contribution in [3.05, 3.63) is 42.5 Å². The van der Waals surface area contributed by atoms with Crippen LogP contribution in [0.3, 0.4) is 0 Å². The molecule has 1 aliphatic heterocycles. The first kappa shape index (κ1) is 15.7. The maximum atomic E-state index is 7.39. The Bertz CT molecular complexity index is 938. The number of nitrogens with two attached hydrogens (primary N) is 1. The Labute approximate surface area is 149 Å². The van der Waals surface area contributed by atoms with Crippen LogP contribution in [-0.2, 0) is 0 Å². The summed E-state index contributed by atoms with van der Waals surface area (Å²) >= 11 is 1.59. The van der Waals surface area contributed by atoms with Crippen molar-refractivity contribution in [3.63, 3.8) is 0 Å². The number of allylic oxidation sites excluding steroid dienone is 1.